The summed E-state index contributed by atoms with van der Waals surface area (Å²) in [7, 11) is 0. The molecule has 3 nitrogen and oxygen atoms in total. The highest BCUT2D eigenvalue weighted by molar-refractivity contribution is 6.32. The zero-order valence-electron chi connectivity index (χ0n) is 9.44. The summed E-state index contributed by atoms with van der Waals surface area (Å²) in [5.74, 6) is 0.481. The molecular formula is C13H11Cl2NO2. The van der Waals surface area contributed by atoms with E-state index in [1.807, 2.05) is 0 Å². The van der Waals surface area contributed by atoms with E-state index in [1.54, 1.807) is 36.7 Å². The van der Waals surface area contributed by atoms with Crippen molar-refractivity contribution >= 4 is 23.2 Å². The van der Waals surface area contributed by atoms with Gasteiger partial charge in [0.05, 0.1) is 16.7 Å². The Balaban J connectivity index is 2.18. The molecule has 0 saturated heterocycles. The van der Waals surface area contributed by atoms with Gasteiger partial charge in [-0.05, 0) is 12.1 Å². The van der Waals surface area contributed by atoms with Crippen LogP contribution in [-0.4, -0.2) is 10.1 Å². The Morgan fingerprint density at radius 1 is 1.11 bits per heavy atom. The second kappa shape index (κ2) is 6.05. The quantitative estimate of drug-likeness (QED) is 0.934. The fraction of sp³-hybridized carbons (Fsp3) is 0.154. The Labute approximate surface area is 115 Å². The molecule has 1 aromatic carbocycles. The Morgan fingerprint density at radius 2 is 1.94 bits per heavy atom. The van der Waals surface area contributed by atoms with Gasteiger partial charge in [-0.2, -0.15) is 0 Å². The maximum atomic E-state index is 9.22. The van der Waals surface area contributed by atoms with Crippen molar-refractivity contribution in [3.05, 3.63) is 57.8 Å². The second-order valence-electron chi connectivity index (χ2n) is 3.64. The van der Waals surface area contributed by atoms with Gasteiger partial charge in [0.15, 0.2) is 0 Å². The number of hydrogen-bond donors (Lipinski definition) is 1. The Kier molecular flexibility index (Phi) is 4.42. The fourth-order valence-corrected chi connectivity index (χ4v) is 1.93. The van der Waals surface area contributed by atoms with Crippen molar-refractivity contribution in [2.75, 3.05) is 0 Å². The van der Waals surface area contributed by atoms with Crippen LogP contribution in [0.25, 0.3) is 0 Å². The smallest absolute Gasteiger partial charge is 0.143 e. The largest absolute Gasteiger partial charge is 0.487 e. The highest BCUT2D eigenvalue weighted by Crippen LogP contribution is 2.30. The Bertz CT molecular complexity index is 546. The molecule has 0 aliphatic carbocycles. The van der Waals surface area contributed by atoms with Crippen molar-refractivity contribution in [1.29, 1.82) is 0 Å². The molecule has 94 valence electrons. The first kappa shape index (κ1) is 13.1. The van der Waals surface area contributed by atoms with Gasteiger partial charge in [-0.15, -0.1) is 0 Å². The first-order valence-corrected chi connectivity index (χ1v) is 6.07. The minimum absolute atomic E-state index is 0.125. The SMILES string of the molecule is OCc1cccc(Cl)c1OCc1ccncc1Cl. The van der Waals surface area contributed by atoms with E-state index in [9.17, 15) is 5.11 Å². The lowest BCUT2D eigenvalue weighted by molar-refractivity contribution is 0.259. The summed E-state index contributed by atoms with van der Waals surface area (Å²) in [6.45, 7) is 0.151. The number of halogens is 2. The topological polar surface area (TPSA) is 42.4 Å². The predicted octanol–water partition coefficient (Wildman–Crippen LogP) is 3.46. The van der Waals surface area contributed by atoms with Gasteiger partial charge in [0.1, 0.15) is 12.4 Å². The molecule has 0 spiro atoms. The maximum absolute atomic E-state index is 9.22. The summed E-state index contributed by atoms with van der Waals surface area (Å²) in [6, 6.07) is 7.01. The number of hydrogen-bond acceptors (Lipinski definition) is 3. The molecule has 0 bridgehead atoms. The van der Waals surface area contributed by atoms with Crippen LogP contribution in [-0.2, 0) is 13.2 Å². The van der Waals surface area contributed by atoms with E-state index in [-0.39, 0.29) is 13.2 Å². The normalized spacial score (nSPS) is 10.4. The van der Waals surface area contributed by atoms with Crippen LogP contribution in [0.1, 0.15) is 11.1 Å². The van der Waals surface area contributed by atoms with Gasteiger partial charge >= 0.3 is 0 Å². The van der Waals surface area contributed by atoms with Crippen molar-refractivity contribution in [3.8, 4) is 5.75 Å². The van der Waals surface area contributed by atoms with Crippen LogP contribution >= 0.6 is 23.2 Å². The van der Waals surface area contributed by atoms with E-state index in [1.165, 1.54) is 0 Å². The molecule has 0 aliphatic heterocycles. The summed E-state index contributed by atoms with van der Waals surface area (Å²) in [5, 5.41) is 10.2. The average Bonchev–Trinajstić information content (AvgIpc) is 2.39. The Hall–Kier alpha value is -1.29. The molecule has 0 radical (unpaired) electrons. The van der Waals surface area contributed by atoms with Crippen molar-refractivity contribution in [3.63, 3.8) is 0 Å². The number of aliphatic hydroxyl groups excluding tert-OH is 1. The van der Waals surface area contributed by atoms with Crippen molar-refractivity contribution in [1.82, 2.24) is 4.98 Å². The fourth-order valence-electron chi connectivity index (χ4n) is 1.51. The van der Waals surface area contributed by atoms with Crippen LogP contribution in [0, 0.1) is 0 Å². The van der Waals surface area contributed by atoms with Gasteiger partial charge in [-0.1, -0.05) is 35.3 Å². The minimum atomic E-state index is -0.125. The minimum Gasteiger partial charge on any atom is -0.487 e. The van der Waals surface area contributed by atoms with E-state index in [0.717, 1.165) is 5.56 Å². The lowest BCUT2D eigenvalue weighted by Crippen LogP contribution is -2.00. The molecule has 2 rings (SSSR count). The summed E-state index contributed by atoms with van der Waals surface area (Å²) in [5.41, 5.74) is 1.46. The van der Waals surface area contributed by atoms with Crippen LogP contribution in [0.3, 0.4) is 0 Å². The molecule has 1 N–H and O–H groups in total. The predicted molar refractivity (Wildman–Crippen MR) is 71.0 cm³/mol. The van der Waals surface area contributed by atoms with Gasteiger partial charge in [0.2, 0.25) is 0 Å². The van der Waals surface area contributed by atoms with Crippen LogP contribution in [0.2, 0.25) is 10.0 Å². The van der Waals surface area contributed by atoms with Crippen molar-refractivity contribution in [2.24, 2.45) is 0 Å². The highest BCUT2D eigenvalue weighted by Gasteiger charge is 2.09. The third-order valence-electron chi connectivity index (χ3n) is 2.45. The van der Waals surface area contributed by atoms with Crippen molar-refractivity contribution in [2.45, 2.75) is 13.2 Å². The number of benzene rings is 1. The summed E-state index contributed by atoms with van der Waals surface area (Å²) in [4.78, 5) is 3.90. The van der Waals surface area contributed by atoms with Gasteiger partial charge in [-0.25, -0.2) is 0 Å². The molecule has 0 amide bonds. The van der Waals surface area contributed by atoms with Crippen LogP contribution in [0.15, 0.2) is 36.7 Å². The summed E-state index contributed by atoms with van der Waals surface area (Å²) in [6.07, 6.45) is 3.20. The van der Waals surface area contributed by atoms with Crippen LogP contribution in [0.5, 0.6) is 5.75 Å². The lowest BCUT2D eigenvalue weighted by Gasteiger charge is -2.12. The van der Waals surface area contributed by atoms with Gasteiger partial charge < -0.3 is 9.84 Å². The molecule has 18 heavy (non-hydrogen) atoms. The van der Waals surface area contributed by atoms with Gasteiger partial charge in [0, 0.05) is 23.5 Å². The van der Waals surface area contributed by atoms with E-state index < -0.39 is 0 Å². The van der Waals surface area contributed by atoms with Gasteiger partial charge in [-0.3, -0.25) is 4.98 Å². The van der Waals surface area contributed by atoms with E-state index >= 15 is 0 Å². The number of para-hydroxylation sites is 1. The monoisotopic (exact) mass is 283 g/mol. The van der Waals surface area contributed by atoms with Crippen LogP contribution < -0.4 is 4.74 Å². The summed E-state index contributed by atoms with van der Waals surface area (Å²) < 4.78 is 5.62. The molecule has 1 aromatic heterocycles. The molecule has 0 unspecified atom stereocenters. The van der Waals surface area contributed by atoms with Crippen molar-refractivity contribution < 1.29 is 9.84 Å². The lowest BCUT2D eigenvalue weighted by atomic mass is 10.2. The third kappa shape index (κ3) is 2.93. The molecule has 0 saturated carbocycles. The zero-order valence-corrected chi connectivity index (χ0v) is 10.9. The molecule has 1 heterocycles. The number of aliphatic hydroxyl groups is 1. The first-order chi connectivity index (χ1) is 8.72. The molecule has 2 aromatic rings. The average molecular weight is 284 g/mol. The number of nitrogens with zero attached hydrogens (tertiary/aromatic N) is 1. The Morgan fingerprint density at radius 3 is 2.67 bits per heavy atom. The molecular weight excluding hydrogens is 273 g/mol. The van der Waals surface area contributed by atoms with Gasteiger partial charge in [0.25, 0.3) is 0 Å². The standard InChI is InChI=1S/C13H11Cl2NO2/c14-11-3-1-2-9(7-17)13(11)18-8-10-4-5-16-6-12(10)15/h1-6,17H,7-8H2. The molecule has 0 atom stereocenters. The van der Waals surface area contributed by atoms with E-state index in [4.69, 9.17) is 27.9 Å². The number of pyridine rings is 1. The maximum Gasteiger partial charge on any atom is 0.143 e. The molecule has 5 heteroatoms. The molecule has 0 aliphatic rings. The number of ether oxygens (including phenoxy) is 1. The third-order valence-corrected chi connectivity index (χ3v) is 3.09. The first-order valence-electron chi connectivity index (χ1n) is 5.32. The summed E-state index contributed by atoms with van der Waals surface area (Å²) >= 11 is 12.0. The highest BCUT2D eigenvalue weighted by atomic mass is 35.5. The number of rotatable bonds is 4. The number of aromatic nitrogens is 1. The zero-order chi connectivity index (χ0) is 13.0. The van der Waals surface area contributed by atoms with E-state index in [0.29, 0.717) is 21.4 Å². The van der Waals surface area contributed by atoms with Crippen LogP contribution in [0.4, 0.5) is 0 Å². The second-order valence-corrected chi connectivity index (χ2v) is 4.46. The molecule has 0 fully saturated rings. The van der Waals surface area contributed by atoms with E-state index in [2.05, 4.69) is 4.98 Å².